The van der Waals surface area contributed by atoms with Crippen LogP contribution in [0.5, 0.6) is 0 Å². The predicted molar refractivity (Wildman–Crippen MR) is 83.3 cm³/mol. The Hall–Kier alpha value is -2.17. The molecule has 2 rings (SSSR count). The van der Waals surface area contributed by atoms with Crippen LogP contribution >= 0.6 is 0 Å². The van der Waals surface area contributed by atoms with Crippen LogP contribution in [0.1, 0.15) is 33.1 Å². The van der Waals surface area contributed by atoms with Crippen LogP contribution in [0.15, 0.2) is 30.5 Å². The molecule has 2 unspecified atom stereocenters. The maximum Gasteiger partial charge on any atom is 0.306 e. The van der Waals surface area contributed by atoms with E-state index in [0.717, 1.165) is 29.7 Å². The van der Waals surface area contributed by atoms with E-state index < -0.39 is 5.97 Å². The molecular weight excluding hydrogens is 266 g/mol. The molecule has 0 amide bonds. The van der Waals surface area contributed by atoms with Crippen LogP contribution in [0.3, 0.4) is 0 Å². The van der Waals surface area contributed by atoms with Gasteiger partial charge in [-0.1, -0.05) is 25.5 Å². The normalized spacial score (nSPS) is 13.8. The predicted octanol–water partition coefficient (Wildman–Crippen LogP) is 3.32. The molecule has 5 heteroatoms. The molecule has 2 aromatic rings. The lowest BCUT2D eigenvalue weighted by Crippen LogP contribution is -2.17. The van der Waals surface area contributed by atoms with Crippen molar-refractivity contribution in [1.82, 2.24) is 9.97 Å². The Morgan fingerprint density at radius 2 is 1.95 bits per heavy atom. The summed E-state index contributed by atoms with van der Waals surface area (Å²) in [5, 5.41) is 12.2. The van der Waals surface area contributed by atoms with Crippen LogP contribution in [0.4, 0.5) is 5.82 Å². The van der Waals surface area contributed by atoms with Gasteiger partial charge in [-0.05, 0) is 31.9 Å². The minimum Gasteiger partial charge on any atom is -0.481 e. The van der Waals surface area contributed by atoms with Crippen LogP contribution in [-0.2, 0) is 4.79 Å². The summed E-state index contributed by atoms with van der Waals surface area (Å²) in [5.74, 6) is -0.249. The van der Waals surface area contributed by atoms with Gasteiger partial charge in [0.15, 0.2) is 0 Å². The molecule has 0 saturated carbocycles. The Labute approximate surface area is 124 Å². The van der Waals surface area contributed by atoms with Gasteiger partial charge in [-0.25, -0.2) is 4.98 Å². The molecule has 1 aromatic carbocycles. The van der Waals surface area contributed by atoms with Crippen molar-refractivity contribution in [3.63, 3.8) is 0 Å². The number of nitrogens with one attached hydrogen (secondary N) is 1. The third kappa shape index (κ3) is 4.41. The van der Waals surface area contributed by atoms with Gasteiger partial charge in [-0.2, -0.15) is 0 Å². The zero-order chi connectivity index (χ0) is 15.2. The first kappa shape index (κ1) is 15.2. The van der Waals surface area contributed by atoms with Gasteiger partial charge >= 0.3 is 5.97 Å². The van der Waals surface area contributed by atoms with Gasteiger partial charge in [0.1, 0.15) is 5.82 Å². The first-order valence-electron chi connectivity index (χ1n) is 7.27. The molecule has 2 atom stereocenters. The van der Waals surface area contributed by atoms with E-state index in [1.165, 1.54) is 0 Å². The van der Waals surface area contributed by atoms with Gasteiger partial charge in [-0.15, -0.1) is 0 Å². The zero-order valence-electron chi connectivity index (χ0n) is 12.4. The second-order valence-corrected chi connectivity index (χ2v) is 5.46. The monoisotopic (exact) mass is 287 g/mol. The average molecular weight is 287 g/mol. The number of carbonyl (C=O) groups is 1. The highest BCUT2D eigenvalue weighted by atomic mass is 16.4. The Bertz CT molecular complexity index is 615. The molecule has 21 heavy (non-hydrogen) atoms. The number of fused-ring (bicyclic) bond motifs is 1. The lowest BCUT2D eigenvalue weighted by molar-refractivity contribution is -0.141. The maximum atomic E-state index is 10.8. The van der Waals surface area contributed by atoms with Crippen molar-refractivity contribution in [3.05, 3.63) is 30.5 Å². The molecule has 0 radical (unpaired) electrons. The van der Waals surface area contributed by atoms with Crippen molar-refractivity contribution < 1.29 is 9.90 Å². The summed E-state index contributed by atoms with van der Waals surface area (Å²) in [4.78, 5) is 19.6. The van der Waals surface area contributed by atoms with Gasteiger partial charge < -0.3 is 10.4 Å². The fourth-order valence-corrected chi connectivity index (χ4v) is 2.21. The molecule has 0 spiro atoms. The summed E-state index contributed by atoms with van der Waals surface area (Å²) < 4.78 is 0. The second-order valence-electron chi connectivity index (χ2n) is 5.46. The van der Waals surface area contributed by atoms with Gasteiger partial charge in [-0.3, -0.25) is 9.78 Å². The highest BCUT2D eigenvalue weighted by molar-refractivity contribution is 5.75. The zero-order valence-corrected chi connectivity index (χ0v) is 12.4. The van der Waals surface area contributed by atoms with E-state index in [2.05, 4.69) is 22.2 Å². The molecule has 0 saturated heterocycles. The third-order valence-corrected chi connectivity index (χ3v) is 3.54. The Morgan fingerprint density at radius 1 is 1.24 bits per heavy atom. The molecule has 1 heterocycles. The summed E-state index contributed by atoms with van der Waals surface area (Å²) in [6.07, 6.45) is 4.22. The number of carboxylic acids is 1. The minimum absolute atomic E-state index is 0.237. The van der Waals surface area contributed by atoms with E-state index in [9.17, 15) is 4.79 Å². The van der Waals surface area contributed by atoms with E-state index in [0.29, 0.717) is 6.42 Å². The van der Waals surface area contributed by atoms with Gasteiger partial charge in [0.25, 0.3) is 0 Å². The molecule has 0 bridgehead atoms. The number of anilines is 1. The number of hydrogen-bond donors (Lipinski definition) is 2. The van der Waals surface area contributed by atoms with Gasteiger partial charge in [0, 0.05) is 6.04 Å². The van der Waals surface area contributed by atoms with Crippen LogP contribution < -0.4 is 5.32 Å². The lowest BCUT2D eigenvalue weighted by atomic mass is 10.0. The van der Waals surface area contributed by atoms with Crippen LogP contribution in [0.25, 0.3) is 11.0 Å². The molecule has 5 nitrogen and oxygen atoms in total. The summed E-state index contributed by atoms with van der Waals surface area (Å²) in [5.41, 5.74) is 1.75. The molecule has 1 aromatic heterocycles. The number of hydrogen-bond acceptors (Lipinski definition) is 4. The van der Waals surface area contributed by atoms with E-state index in [4.69, 9.17) is 5.11 Å². The number of rotatable bonds is 7. The number of aromatic nitrogens is 2. The second kappa shape index (κ2) is 7.02. The highest BCUT2D eigenvalue weighted by Gasteiger charge is 2.11. The first-order valence-corrected chi connectivity index (χ1v) is 7.27. The van der Waals surface area contributed by atoms with E-state index >= 15 is 0 Å². The quantitative estimate of drug-likeness (QED) is 0.817. The molecular formula is C16H21N3O2. The lowest BCUT2D eigenvalue weighted by Gasteiger charge is -2.15. The molecule has 112 valence electrons. The summed E-state index contributed by atoms with van der Waals surface area (Å²) in [6, 6.07) is 7.99. The van der Waals surface area contributed by atoms with Crippen LogP contribution in [-0.4, -0.2) is 27.1 Å². The Balaban J connectivity index is 1.86. The number of aliphatic carboxylic acids is 1. The van der Waals surface area contributed by atoms with Crippen molar-refractivity contribution in [3.8, 4) is 0 Å². The van der Waals surface area contributed by atoms with Crippen LogP contribution in [0, 0.1) is 5.92 Å². The fraction of sp³-hybridized carbons (Fsp3) is 0.438. The minimum atomic E-state index is -0.726. The summed E-state index contributed by atoms with van der Waals surface area (Å²) >= 11 is 0. The van der Waals surface area contributed by atoms with Crippen molar-refractivity contribution >= 4 is 22.8 Å². The summed E-state index contributed by atoms with van der Waals surface area (Å²) in [7, 11) is 0. The number of nitrogens with zero attached hydrogens (tertiary/aromatic N) is 2. The van der Waals surface area contributed by atoms with Crippen LogP contribution in [0.2, 0.25) is 0 Å². The van der Waals surface area contributed by atoms with Crippen molar-refractivity contribution in [2.75, 3.05) is 5.32 Å². The van der Waals surface area contributed by atoms with Crippen molar-refractivity contribution in [2.24, 2.45) is 5.92 Å². The molecule has 0 aliphatic heterocycles. The van der Waals surface area contributed by atoms with Gasteiger partial charge in [0.2, 0.25) is 0 Å². The number of carboxylic acid groups (broad SMARTS) is 1. The third-order valence-electron chi connectivity index (χ3n) is 3.54. The smallest absolute Gasteiger partial charge is 0.306 e. The maximum absolute atomic E-state index is 10.8. The molecule has 2 N–H and O–H groups in total. The largest absolute Gasteiger partial charge is 0.481 e. The van der Waals surface area contributed by atoms with Crippen molar-refractivity contribution in [2.45, 2.75) is 39.2 Å². The van der Waals surface area contributed by atoms with E-state index in [1.807, 2.05) is 24.3 Å². The topological polar surface area (TPSA) is 75.1 Å². The fourth-order valence-electron chi connectivity index (χ4n) is 2.21. The Morgan fingerprint density at radius 3 is 2.67 bits per heavy atom. The highest BCUT2D eigenvalue weighted by Crippen LogP contribution is 2.15. The molecule has 0 fully saturated rings. The number of para-hydroxylation sites is 2. The standard InChI is InChI=1S/C16H21N3O2/c1-11(16(20)21)6-5-7-12(2)18-15-10-17-13-8-3-4-9-14(13)19-15/h3-4,8-12H,5-7H2,1-2H3,(H,18,19)(H,20,21). The van der Waals surface area contributed by atoms with Crippen molar-refractivity contribution in [1.29, 1.82) is 0 Å². The first-order chi connectivity index (χ1) is 10.1. The van der Waals surface area contributed by atoms with E-state index in [-0.39, 0.29) is 12.0 Å². The molecule has 0 aliphatic rings. The SMILES string of the molecule is CC(CCCC(C)C(=O)O)Nc1cnc2ccccc2n1. The molecule has 0 aliphatic carbocycles. The van der Waals surface area contributed by atoms with Gasteiger partial charge in [0.05, 0.1) is 23.1 Å². The Kier molecular flexibility index (Phi) is 5.09. The number of benzene rings is 1. The average Bonchev–Trinajstić information content (AvgIpc) is 2.46. The van der Waals surface area contributed by atoms with E-state index in [1.54, 1.807) is 13.1 Å². The summed E-state index contributed by atoms with van der Waals surface area (Å²) in [6.45, 7) is 3.82.